The van der Waals surface area contributed by atoms with Crippen LogP contribution in [0.4, 0.5) is 20.5 Å². The first-order valence-corrected chi connectivity index (χ1v) is 12.1. The van der Waals surface area contributed by atoms with Crippen LogP contribution in [-0.2, 0) is 0 Å². The number of nitrogens with two attached hydrogens (primary N) is 1. The Labute approximate surface area is 201 Å². The van der Waals surface area contributed by atoms with Crippen molar-refractivity contribution in [3.05, 3.63) is 30.2 Å². The van der Waals surface area contributed by atoms with Crippen molar-refractivity contribution < 1.29 is 8.78 Å². The van der Waals surface area contributed by atoms with E-state index in [0.717, 1.165) is 41.1 Å². The van der Waals surface area contributed by atoms with E-state index in [2.05, 4.69) is 38.8 Å². The van der Waals surface area contributed by atoms with Crippen LogP contribution in [0, 0.1) is 6.92 Å². The molecular weight excluding hydrogens is 452 g/mol. The van der Waals surface area contributed by atoms with Gasteiger partial charge in [-0.25, -0.2) is 23.3 Å². The van der Waals surface area contributed by atoms with Gasteiger partial charge in [0.1, 0.15) is 16.9 Å². The second kappa shape index (κ2) is 7.84. The van der Waals surface area contributed by atoms with Gasteiger partial charge < -0.3 is 15.6 Å². The van der Waals surface area contributed by atoms with Gasteiger partial charge in [0.15, 0.2) is 11.5 Å². The van der Waals surface area contributed by atoms with Gasteiger partial charge in [0.2, 0.25) is 5.95 Å². The molecule has 0 radical (unpaired) electrons. The summed E-state index contributed by atoms with van der Waals surface area (Å²) in [6, 6.07) is 5.20. The van der Waals surface area contributed by atoms with Gasteiger partial charge in [-0.1, -0.05) is 0 Å². The van der Waals surface area contributed by atoms with E-state index in [9.17, 15) is 8.78 Å². The molecule has 0 amide bonds. The number of hydrogen-bond donors (Lipinski definition) is 2. The first-order chi connectivity index (χ1) is 16.7. The number of imidazole rings is 1. The first kappa shape index (κ1) is 22.1. The molecule has 1 atom stereocenters. The minimum Gasteiger partial charge on any atom is -0.382 e. The Morgan fingerprint density at radius 2 is 1.91 bits per heavy atom. The van der Waals surface area contributed by atoms with Crippen molar-refractivity contribution >= 4 is 28.4 Å². The number of rotatable bonds is 5. The molecule has 0 spiro atoms. The van der Waals surface area contributed by atoms with Crippen molar-refractivity contribution in [1.29, 1.82) is 0 Å². The summed E-state index contributed by atoms with van der Waals surface area (Å²) in [5.41, 5.74) is 10.0. The van der Waals surface area contributed by atoms with Gasteiger partial charge in [-0.2, -0.15) is 4.98 Å². The zero-order valence-corrected chi connectivity index (χ0v) is 20.0. The molecule has 1 saturated heterocycles. The summed E-state index contributed by atoms with van der Waals surface area (Å²) in [6.45, 7) is 6.56. The van der Waals surface area contributed by atoms with Crippen LogP contribution in [-0.4, -0.2) is 65.1 Å². The highest BCUT2D eigenvalue weighted by molar-refractivity contribution is 5.88. The highest BCUT2D eigenvalue weighted by Gasteiger charge is 2.48. The molecule has 184 valence electrons. The summed E-state index contributed by atoms with van der Waals surface area (Å²) in [7, 11) is 0. The molecule has 0 bridgehead atoms. The number of hydrogen-bond acceptors (Lipinski definition) is 7. The lowest BCUT2D eigenvalue weighted by Gasteiger charge is -2.38. The van der Waals surface area contributed by atoms with Gasteiger partial charge in [-0.3, -0.25) is 4.90 Å². The van der Waals surface area contributed by atoms with Crippen LogP contribution in [0.5, 0.6) is 0 Å². The van der Waals surface area contributed by atoms with Gasteiger partial charge >= 0.3 is 0 Å². The van der Waals surface area contributed by atoms with E-state index in [1.54, 1.807) is 10.7 Å². The van der Waals surface area contributed by atoms with Gasteiger partial charge in [-0.05, 0) is 58.2 Å². The van der Waals surface area contributed by atoms with Crippen molar-refractivity contribution in [2.45, 2.75) is 64.1 Å². The normalized spacial score (nSPS) is 20.8. The fraction of sp³-hybridized carbons (Fsp3) is 0.500. The van der Waals surface area contributed by atoms with Crippen LogP contribution in [0.25, 0.3) is 27.9 Å². The number of nitrogens with one attached hydrogen (secondary N) is 1. The van der Waals surface area contributed by atoms with Crippen LogP contribution in [0.3, 0.4) is 0 Å². The molecule has 1 aliphatic heterocycles. The van der Waals surface area contributed by atoms with Crippen LogP contribution in [0.15, 0.2) is 24.4 Å². The SMILES string of the molecule is Cc1nc2ccc(-c3ccn4nc(NC5CCN(C6CC6)CC5(F)F)nc(N)c34)nc2n1C(C)C. The van der Waals surface area contributed by atoms with Crippen molar-refractivity contribution in [1.82, 2.24) is 34.0 Å². The Hall–Kier alpha value is -3.34. The molecule has 6 rings (SSSR count). The maximum absolute atomic E-state index is 14.8. The van der Waals surface area contributed by atoms with E-state index >= 15 is 0 Å². The van der Waals surface area contributed by atoms with Crippen LogP contribution >= 0.6 is 0 Å². The molecular formula is C24H29F2N9. The molecule has 3 N–H and O–H groups in total. The molecule has 1 unspecified atom stereocenters. The van der Waals surface area contributed by atoms with Crippen molar-refractivity contribution in [2.24, 2.45) is 0 Å². The Bertz CT molecular complexity index is 1420. The average Bonchev–Trinajstić information content (AvgIpc) is 3.46. The fourth-order valence-corrected chi connectivity index (χ4v) is 5.23. The third-order valence-corrected chi connectivity index (χ3v) is 7.04. The lowest BCUT2D eigenvalue weighted by molar-refractivity contribution is -0.0761. The van der Waals surface area contributed by atoms with E-state index in [-0.39, 0.29) is 24.4 Å². The van der Waals surface area contributed by atoms with Crippen LogP contribution < -0.4 is 11.1 Å². The predicted molar refractivity (Wildman–Crippen MR) is 131 cm³/mol. The third-order valence-electron chi connectivity index (χ3n) is 7.04. The molecule has 11 heteroatoms. The lowest BCUT2D eigenvalue weighted by atomic mass is 10.0. The first-order valence-electron chi connectivity index (χ1n) is 12.1. The number of likely N-dealkylation sites (tertiary alicyclic amines) is 1. The molecule has 9 nitrogen and oxygen atoms in total. The quantitative estimate of drug-likeness (QED) is 0.446. The van der Waals surface area contributed by atoms with E-state index in [4.69, 9.17) is 10.7 Å². The third kappa shape index (κ3) is 3.78. The number of aryl methyl sites for hydroxylation is 1. The predicted octanol–water partition coefficient (Wildman–Crippen LogP) is 3.90. The van der Waals surface area contributed by atoms with Gasteiger partial charge in [-0.15, -0.1) is 5.10 Å². The Morgan fingerprint density at radius 1 is 1.11 bits per heavy atom. The Morgan fingerprint density at radius 3 is 2.63 bits per heavy atom. The number of nitrogen functional groups attached to an aromatic ring is 1. The number of aromatic nitrogens is 6. The summed E-state index contributed by atoms with van der Waals surface area (Å²) < 4.78 is 33.3. The van der Waals surface area contributed by atoms with Gasteiger partial charge in [0.05, 0.1) is 18.3 Å². The molecule has 4 aromatic heterocycles. The summed E-state index contributed by atoms with van der Waals surface area (Å²) in [5, 5.41) is 7.30. The maximum atomic E-state index is 14.8. The molecule has 2 fully saturated rings. The number of alkyl halides is 2. The zero-order valence-electron chi connectivity index (χ0n) is 20.0. The fourth-order valence-electron chi connectivity index (χ4n) is 5.23. The Balaban J connectivity index is 1.32. The molecule has 1 saturated carbocycles. The van der Waals surface area contributed by atoms with E-state index in [1.807, 2.05) is 30.0 Å². The summed E-state index contributed by atoms with van der Waals surface area (Å²) in [6.07, 6.45) is 4.11. The van der Waals surface area contributed by atoms with Crippen molar-refractivity contribution in [3.8, 4) is 11.3 Å². The minimum absolute atomic E-state index is 0.0959. The Kier molecular flexibility index (Phi) is 4.96. The van der Waals surface area contributed by atoms with Crippen molar-refractivity contribution in [3.63, 3.8) is 0 Å². The molecule has 5 heterocycles. The largest absolute Gasteiger partial charge is 0.382 e. The van der Waals surface area contributed by atoms with Crippen molar-refractivity contribution in [2.75, 3.05) is 24.1 Å². The number of piperidine rings is 1. The lowest BCUT2D eigenvalue weighted by Crippen LogP contribution is -2.55. The number of pyridine rings is 1. The molecule has 1 aliphatic carbocycles. The van der Waals surface area contributed by atoms with Gasteiger partial charge in [0, 0.05) is 30.4 Å². The maximum Gasteiger partial charge on any atom is 0.280 e. The highest BCUT2D eigenvalue weighted by atomic mass is 19.3. The minimum atomic E-state index is -2.87. The number of nitrogens with zero attached hydrogens (tertiary/aromatic N) is 7. The highest BCUT2D eigenvalue weighted by Crippen LogP contribution is 2.36. The topological polar surface area (TPSA) is 102 Å². The van der Waals surface area contributed by atoms with Crippen LogP contribution in [0.1, 0.15) is 45.0 Å². The summed E-state index contributed by atoms with van der Waals surface area (Å²) in [5.74, 6) is -1.66. The monoisotopic (exact) mass is 481 g/mol. The molecule has 0 aromatic carbocycles. The second-order valence-electron chi connectivity index (χ2n) is 9.95. The zero-order chi connectivity index (χ0) is 24.5. The summed E-state index contributed by atoms with van der Waals surface area (Å²) >= 11 is 0. The second-order valence-corrected chi connectivity index (χ2v) is 9.95. The summed E-state index contributed by atoms with van der Waals surface area (Å²) in [4.78, 5) is 15.7. The number of halogens is 2. The van der Waals surface area contributed by atoms with Gasteiger partial charge in [0.25, 0.3) is 5.92 Å². The standard InChI is InChI=1S/C24H29F2N9/c1-13(2)35-14(3)28-18-7-6-17(29-22(18)35)16-8-11-34-20(16)21(27)31-23(32-34)30-19-9-10-33(15-4-5-15)12-24(19,25)26/h6-8,11,13,15,19H,4-5,9-10,12H2,1-3H3,(H3,27,30,31,32). The molecule has 2 aliphatic rings. The number of fused-ring (bicyclic) bond motifs is 2. The smallest absolute Gasteiger partial charge is 0.280 e. The average molecular weight is 482 g/mol. The van der Waals surface area contributed by atoms with E-state index in [1.165, 1.54) is 0 Å². The van der Waals surface area contributed by atoms with Crippen LogP contribution in [0.2, 0.25) is 0 Å². The molecule has 35 heavy (non-hydrogen) atoms. The molecule has 4 aromatic rings. The number of anilines is 2. The van der Waals surface area contributed by atoms with E-state index < -0.39 is 12.0 Å². The van der Waals surface area contributed by atoms with E-state index in [0.29, 0.717) is 24.5 Å².